The van der Waals surface area contributed by atoms with E-state index in [-0.39, 0.29) is 17.6 Å². The number of carbonyl (C=O) groups excluding carboxylic acids is 1. The van der Waals surface area contributed by atoms with Crippen LogP contribution in [0.15, 0.2) is 53.4 Å². The van der Waals surface area contributed by atoms with E-state index in [4.69, 9.17) is 4.74 Å². The number of carbonyl (C=O) groups is 1. The number of hydrogen-bond donors (Lipinski definition) is 1. The number of thiazole rings is 1. The highest BCUT2D eigenvalue weighted by molar-refractivity contribution is 7.07. The first-order chi connectivity index (χ1) is 14.6. The lowest BCUT2D eigenvalue weighted by Gasteiger charge is -2.32. The lowest BCUT2D eigenvalue weighted by molar-refractivity contribution is -0.121. The van der Waals surface area contributed by atoms with Crippen molar-refractivity contribution in [2.45, 2.75) is 19.4 Å². The number of methoxy groups -OCH3 is 1. The van der Waals surface area contributed by atoms with Crippen LogP contribution in [-0.2, 0) is 11.3 Å². The maximum absolute atomic E-state index is 13.4. The standard InChI is InChI=1S/C23H24FN3O2S/c1-29-22-11-19(24)7-4-17(22)12-27-10-2-3-18(13-27)23(28)26-20-8-5-16(6-9-20)21-14-30-15-25-21/h4-9,11,14-15,18H,2-3,10,12-13H2,1H3,(H,26,28). The van der Waals surface area contributed by atoms with Gasteiger partial charge in [-0.05, 0) is 37.6 Å². The van der Waals surface area contributed by atoms with Gasteiger partial charge >= 0.3 is 0 Å². The van der Waals surface area contributed by atoms with Crippen LogP contribution in [0.2, 0.25) is 0 Å². The van der Waals surface area contributed by atoms with Crippen LogP contribution < -0.4 is 10.1 Å². The van der Waals surface area contributed by atoms with E-state index < -0.39 is 0 Å². The molecule has 0 radical (unpaired) electrons. The Morgan fingerprint density at radius 1 is 1.30 bits per heavy atom. The third-order valence-electron chi connectivity index (χ3n) is 5.40. The first-order valence-electron chi connectivity index (χ1n) is 9.96. The highest BCUT2D eigenvalue weighted by Crippen LogP contribution is 2.26. The number of benzene rings is 2. The normalized spacial score (nSPS) is 16.9. The van der Waals surface area contributed by atoms with Crippen molar-refractivity contribution in [3.8, 4) is 17.0 Å². The summed E-state index contributed by atoms with van der Waals surface area (Å²) < 4.78 is 18.8. The zero-order valence-corrected chi connectivity index (χ0v) is 17.6. The topological polar surface area (TPSA) is 54.5 Å². The molecule has 1 N–H and O–H groups in total. The van der Waals surface area contributed by atoms with E-state index in [0.717, 1.165) is 41.9 Å². The van der Waals surface area contributed by atoms with Gasteiger partial charge in [0.25, 0.3) is 0 Å². The molecule has 1 saturated heterocycles. The van der Waals surface area contributed by atoms with Gasteiger partial charge in [-0.1, -0.05) is 18.2 Å². The number of ether oxygens (including phenoxy) is 1. The van der Waals surface area contributed by atoms with Gasteiger partial charge < -0.3 is 10.1 Å². The van der Waals surface area contributed by atoms with E-state index in [1.165, 1.54) is 12.1 Å². The molecule has 7 heteroatoms. The summed E-state index contributed by atoms with van der Waals surface area (Å²) in [5.41, 5.74) is 5.50. The molecule has 1 aliphatic rings. The van der Waals surface area contributed by atoms with Crippen LogP contribution in [0.1, 0.15) is 18.4 Å². The fraction of sp³-hybridized carbons (Fsp3) is 0.304. The molecule has 0 spiro atoms. The smallest absolute Gasteiger partial charge is 0.228 e. The van der Waals surface area contributed by atoms with Gasteiger partial charge in [-0.2, -0.15) is 0 Å². The Morgan fingerprint density at radius 3 is 2.87 bits per heavy atom. The summed E-state index contributed by atoms with van der Waals surface area (Å²) in [6.07, 6.45) is 1.81. The number of hydrogen-bond acceptors (Lipinski definition) is 5. The number of aromatic nitrogens is 1. The Hall–Kier alpha value is -2.77. The molecule has 1 atom stereocenters. The maximum atomic E-state index is 13.4. The molecule has 0 saturated carbocycles. The first-order valence-corrected chi connectivity index (χ1v) is 10.9. The quantitative estimate of drug-likeness (QED) is 0.616. The summed E-state index contributed by atoms with van der Waals surface area (Å²) in [6, 6.07) is 12.4. The second-order valence-corrected chi connectivity index (χ2v) is 8.19. The Kier molecular flexibility index (Phi) is 6.40. The van der Waals surface area contributed by atoms with E-state index in [9.17, 15) is 9.18 Å². The number of amides is 1. The maximum Gasteiger partial charge on any atom is 0.228 e. The zero-order chi connectivity index (χ0) is 20.9. The number of rotatable bonds is 6. The lowest BCUT2D eigenvalue weighted by atomic mass is 9.96. The number of halogens is 1. The van der Waals surface area contributed by atoms with Crippen LogP contribution in [0.25, 0.3) is 11.3 Å². The fourth-order valence-electron chi connectivity index (χ4n) is 3.83. The van der Waals surface area contributed by atoms with E-state index >= 15 is 0 Å². The van der Waals surface area contributed by atoms with Crippen LogP contribution in [-0.4, -0.2) is 36.0 Å². The molecule has 4 rings (SSSR count). The molecule has 156 valence electrons. The molecule has 1 aromatic heterocycles. The van der Waals surface area contributed by atoms with Crippen molar-refractivity contribution in [1.82, 2.24) is 9.88 Å². The monoisotopic (exact) mass is 425 g/mol. The highest BCUT2D eigenvalue weighted by Gasteiger charge is 2.26. The molecule has 30 heavy (non-hydrogen) atoms. The van der Waals surface area contributed by atoms with Gasteiger partial charge in [0, 0.05) is 41.4 Å². The number of likely N-dealkylation sites (tertiary alicyclic amines) is 1. The van der Waals surface area contributed by atoms with Gasteiger partial charge in [0.1, 0.15) is 11.6 Å². The first kappa shape index (κ1) is 20.5. The SMILES string of the molecule is COc1cc(F)ccc1CN1CCCC(C(=O)Nc2ccc(-c3cscn3)cc2)C1. The molecule has 1 amide bonds. The second kappa shape index (κ2) is 9.36. The number of anilines is 1. The summed E-state index contributed by atoms with van der Waals surface area (Å²) in [7, 11) is 1.55. The average Bonchev–Trinajstić information content (AvgIpc) is 3.30. The molecule has 0 bridgehead atoms. The molecular weight excluding hydrogens is 401 g/mol. The van der Waals surface area contributed by atoms with Crippen molar-refractivity contribution >= 4 is 22.9 Å². The van der Waals surface area contributed by atoms with Gasteiger partial charge in [0.05, 0.1) is 24.2 Å². The van der Waals surface area contributed by atoms with Gasteiger partial charge in [0.2, 0.25) is 5.91 Å². The largest absolute Gasteiger partial charge is 0.496 e. The fourth-order valence-corrected chi connectivity index (χ4v) is 4.39. The second-order valence-electron chi connectivity index (χ2n) is 7.47. The molecule has 3 aromatic rings. The minimum absolute atomic E-state index is 0.0344. The van der Waals surface area contributed by atoms with Crippen LogP contribution in [0, 0.1) is 11.7 Å². The third-order valence-corrected chi connectivity index (χ3v) is 5.99. The van der Waals surface area contributed by atoms with Gasteiger partial charge in [-0.25, -0.2) is 9.37 Å². The van der Waals surface area contributed by atoms with Crippen LogP contribution in [0.3, 0.4) is 0 Å². The summed E-state index contributed by atoms with van der Waals surface area (Å²) in [6.45, 7) is 2.21. The van der Waals surface area contributed by atoms with E-state index in [1.54, 1.807) is 30.0 Å². The summed E-state index contributed by atoms with van der Waals surface area (Å²) in [4.78, 5) is 19.4. The van der Waals surface area contributed by atoms with E-state index in [2.05, 4.69) is 15.2 Å². The highest BCUT2D eigenvalue weighted by atomic mass is 32.1. The Morgan fingerprint density at radius 2 is 2.13 bits per heavy atom. The Labute approximate surface area is 179 Å². The minimum atomic E-state index is -0.313. The summed E-state index contributed by atoms with van der Waals surface area (Å²) in [5.74, 6) is 0.185. The molecule has 0 aliphatic carbocycles. The van der Waals surface area contributed by atoms with Gasteiger partial charge in [0.15, 0.2) is 0 Å². The molecule has 2 aromatic carbocycles. The van der Waals surface area contributed by atoms with Crippen LogP contribution in [0.4, 0.5) is 10.1 Å². The molecule has 1 fully saturated rings. The van der Waals surface area contributed by atoms with Gasteiger partial charge in [-0.15, -0.1) is 11.3 Å². The Bertz CT molecular complexity index is 992. The predicted molar refractivity (Wildman–Crippen MR) is 117 cm³/mol. The van der Waals surface area contributed by atoms with E-state index in [1.807, 2.05) is 29.6 Å². The molecule has 2 heterocycles. The number of nitrogens with one attached hydrogen (secondary N) is 1. The van der Waals surface area contributed by atoms with Crippen LogP contribution in [0.5, 0.6) is 5.75 Å². The summed E-state index contributed by atoms with van der Waals surface area (Å²) in [5, 5.41) is 5.04. The van der Waals surface area contributed by atoms with Crippen LogP contribution >= 0.6 is 11.3 Å². The Balaban J connectivity index is 1.36. The number of nitrogens with zero attached hydrogens (tertiary/aromatic N) is 2. The van der Waals surface area contributed by atoms with Gasteiger partial charge in [-0.3, -0.25) is 9.69 Å². The van der Waals surface area contributed by atoms with Crippen molar-refractivity contribution in [3.63, 3.8) is 0 Å². The van der Waals surface area contributed by atoms with Crippen molar-refractivity contribution in [1.29, 1.82) is 0 Å². The van der Waals surface area contributed by atoms with Crippen molar-refractivity contribution in [3.05, 3.63) is 64.7 Å². The minimum Gasteiger partial charge on any atom is -0.496 e. The molecule has 1 unspecified atom stereocenters. The zero-order valence-electron chi connectivity index (χ0n) is 16.8. The van der Waals surface area contributed by atoms with Crippen molar-refractivity contribution < 1.29 is 13.9 Å². The molecule has 1 aliphatic heterocycles. The summed E-state index contributed by atoms with van der Waals surface area (Å²) >= 11 is 1.56. The lowest BCUT2D eigenvalue weighted by Crippen LogP contribution is -2.40. The molecule has 5 nitrogen and oxygen atoms in total. The predicted octanol–water partition coefficient (Wildman–Crippen LogP) is 4.81. The average molecular weight is 426 g/mol. The van der Waals surface area contributed by atoms with Crippen molar-refractivity contribution in [2.75, 3.05) is 25.5 Å². The molecular formula is C23H24FN3O2S. The number of piperidine rings is 1. The third kappa shape index (κ3) is 4.86. The van der Waals surface area contributed by atoms with Crippen molar-refractivity contribution in [2.24, 2.45) is 5.92 Å². The van der Waals surface area contributed by atoms with E-state index in [0.29, 0.717) is 18.8 Å².